The van der Waals surface area contributed by atoms with E-state index < -0.39 is 0 Å². The molecule has 0 aliphatic carbocycles. The number of rotatable bonds is 7. The van der Waals surface area contributed by atoms with E-state index in [0.717, 1.165) is 22.1 Å². The minimum absolute atomic E-state index is 0.597. The van der Waals surface area contributed by atoms with Gasteiger partial charge in [0, 0.05) is 28.6 Å². The summed E-state index contributed by atoms with van der Waals surface area (Å²) in [7, 11) is 0. The lowest BCUT2D eigenvalue weighted by Crippen LogP contribution is -2.01. The summed E-state index contributed by atoms with van der Waals surface area (Å²) in [4.78, 5) is 1.12. The molecule has 4 nitrogen and oxygen atoms in total. The van der Waals surface area contributed by atoms with Gasteiger partial charge in [-0.25, -0.2) is 0 Å². The number of benzene rings is 1. The summed E-state index contributed by atoms with van der Waals surface area (Å²) in [5.74, 6) is 1.50. The minimum Gasteiger partial charge on any atom is -0.490 e. The molecule has 0 amide bonds. The third kappa shape index (κ3) is 4.14. The smallest absolute Gasteiger partial charge is 0.163 e. The molecule has 1 N–H and O–H groups in total. The molecule has 0 radical (unpaired) electrons. The fourth-order valence-electron chi connectivity index (χ4n) is 1.88. The summed E-state index contributed by atoms with van der Waals surface area (Å²) in [6, 6.07) is 9.85. The van der Waals surface area contributed by atoms with Crippen molar-refractivity contribution in [3.63, 3.8) is 0 Å². The molecule has 110 valence electrons. The molecule has 21 heavy (non-hydrogen) atoms. The van der Waals surface area contributed by atoms with Crippen LogP contribution >= 0.6 is 11.3 Å². The summed E-state index contributed by atoms with van der Waals surface area (Å²) in [5.41, 5.74) is 1.67. The predicted octanol–water partition coefficient (Wildman–Crippen LogP) is 4.03. The van der Waals surface area contributed by atoms with Crippen molar-refractivity contribution in [2.75, 3.05) is 18.5 Å². The standard InChI is InChI=1S/C16H18N2O2S/c1-3-19-15-6-5-13(8-16(15)20-4-2)18-10-14-7-12(9-17)11-21-14/h5-8,11,18H,3-4,10H2,1-2H3. The van der Waals surface area contributed by atoms with Gasteiger partial charge in [0.1, 0.15) is 6.07 Å². The Hall–Kier alpha value is -2.19. The van der Waals surface area contributed by atoms with Crippen LogP contribution in [0.3, 0.4) is 0 Å². The highest BCUT2D eigenvalue weighted by atomic mass is 32.1. The van der Waals surface area contributed by atoms with Gasteiger partial charge in [-0.3, -0.25) is 0 Å². The molecular formula is C16H18N2O2S. The quantitative estimate of drug-likeness (QED) is 0.839. The van der Waals surface area contributed by atoms with Gasteiger partial charge in [-0.2, -0.15) is 5.26 Å². The highest BCUT2D eigenvalue weighted by Crippen LogP contribution is 2.31. The van der Waals surface area contributed by atoms with E-state index in [4.69, 9.17) is 14.7 Å². The summed E-state index contributed by atoms with van der Waals surface area (Å²) in [6.07, 6.45) is 0. The maximum absolute atomic E-state index is 8.82. The first-order valence-corrected chi connectivity index (χ1v) is 7.75. The molecule has 2 aromatic rings. The van der Waals surface area contributed by atoms with Gasteiger partial charge in [0.2, 0.25) is 0 Å². The first-order valence-electron chi connectivity index (χ1n) is 6.87. The van der Waals surface area contributed by atoms with Crippen LogP contribution in [0.1, 0.15) is 24.3 Å². The second-order valence-corrected chi connectivity index (χ2v) is 5.29. The van der Waals surface area contributed by atoms with E-state index in [1.54, 1.807) is 11.3 Å². The number of hydrogen-bond acceptors (Lipinski definition) is 5. The molecule has 0 atom stereocenters. The Bertz CT molecular complexity index is 631. The third-order valence-corrected chi connectivity index (χ3v) is 3.73. The van der Waals surface area contributed by atoms with Crippen LogP contribution in [0.5, 0.6) is 11.5 Å². The highest BCUT2D eigenvalue weighted by molar-refractivity contribution is 7.10. The van der Waals surface area contributed by atoms with Crippen molar-refractivity contribution in [3.05, 3.63) is 40.1 Å². The molecule has 0 fully saturated rings. The van der Waals surface area contributed by atoms with Crippen LogP contribution in [-0.4, -0.2) is 13.2 Å². The zero-order valence-electron chi connectivity index (χ0n) is 12.2. The van der Waals surface area contributed by atoms with Crippen LogP contribution < -0.4 is 14.8 Å². The Morgan fingerprint density at radius 3 is 2.57 bits per heavy atom. The average molecular weight is 302 g/mol. The second kappa shape index (κ2) is 7.55. The fraction of sp³-hybridized carbons (Fsp3) is 0.312. The van der Waals surface area contributed by atoms with Gasteiger partial charge in [-0.05, 0) is 32.0 Å². The molecule has 1 aromatic heterocycles. The van der Waals surface area contributed by atoms with Crippen molar-refractivity contribution in [2.45, 2.75) is 20.4 Å². The van der Waals surface area contributed by atoms with Crippen LogP contribution in [0.4, 0.5) is 5.69 Å². The number of anilines is 1. The van der Waals surface area contributed by atoms with Gasteiger partial charge in [-0.15, -0.1) is 11.3 Å². The molecule has 5 heteroatoms. The summed E-state index contributed by atoms with van der Waals surface area (Å²) in [5, 5.41) is 14.0. The van der Waals surface area contributed by atoms with Gasteiger partial charge in [0.15, 0.2) is 11.5 Å². The predicted molar refractivity (Wildman–Crippen MR) is 85.1 cm³/mol. The second-order valence-electron chi connectivity index (χ2n) is 4.29. The number of nitriles is 1. The third-order valence-electron chi connectivity index (χ3n) is 2.79. The maximum atomic E-state index is 8.82. The average Bonchev–Trinajstić information content (AvgIpc) is 2.96. The van der Waals surface area contributed by atoms with Crippen molar-refractivity contribution in [2.24, 2.45) is 0 Å². The van der Waals surface area contributed by atoms with Crippen LogP contribution in [0.2, 0.25) is 0 Å². The number of nitrogens with one attached hydrogen (secondary N) is 1. The van der Waals surface area contributed by atoms with Crippen molar-refractivity contribution >= 4 is 17.0 Å². The van der Waals surface area contributed by atoms with E-state index in [0.29, 0.717) is 25.3 Å². The monoisotopic (exact) mass is 302 g/mol. The Morgan fingerprint density at radius 1 is 1.14 bits per heavy atom. The van der Waals surface area contributed by atoms with Crippen LogP contribution in [0.15, 0.2) is 29.6 Å². The van der Waals surface area contributed by atoms with E-state index in [1.165, 1.54) is 0 Å². The molecule has 0 spiro atoms. The number of ether oxygens (including phenoxy) is 2. The Balaban J connectivity index is 2.05. The van der Waals surface area contributed by atoms with E-state index in [2.05, 4.69) is 11.4 Å². The number of thiophene rings is 1. The molecule has 1 aromatic carbocycles. The van der Waals surface area contributed by atoms with Gasteiger partial charge >= 0.3 is 0 Å². The molecule has 0 unspecified atom stereocenters. The Kier molecular flexibility index (Phi) is 5.47. The van der Waals surface area contributed by atoms with Gasteiger partial charge in [-0.1, -0.05) is 0 Å². The lowest BCUT2D eigenvalue weighted by molar-refractivity contribution is 0.288. The van der Waals surface area contributed by atoms with Crippen molar-refractivity contribution in [3.8, 4) is 17.6 Å². The molecular weight excluding hydrogens is 284 g/mol. The lowest BCUT2D eigenvalue weighted by atomic mass is 10.2. The molecule has 2 rings (SSSR count). The van der Waals surface area contributed by atoms with Crippen LogP contribution in [0.25, 0.3) is 0 Å². The van der Waals surface area contributed by atoms with E-state index in [1.807, 2.05) is 43.5 Å². The Labute approximate surface area is 128 Å². The van der Waals surface area contributed by atoms with Crippen molar-refractivity contribution in [1.29, 1.82) is 5.26 Å². The Morgan fingerprint density at radius 2 is 1.90 bits per heavy atom. The molecule has 0 bridgehead atoms. The fourth-order valence-corrected chi connectivity index (χ4v) is 2.63. The largest absolute Gasteiger partial charge is 0.490 e. The molecule has 0 aliphatic heterocycles. The molecule has 0 saturated carbocycles. The number of nitrogens with zero attached hydrogens (tertiary/aromatic N) is 1. The summed E-state index contributed by atoms with van der Waals surface area (Å²) >= 11 is 1.58. The van der Waals surface area contributed by atoms with Gasteiger partial charge in [0.25, 0.3) is 0 Å². The summed E-state index contributed by atoms with van der Waals surface area (Å²) < 4.78 is 11.1. The molecule has 0 aliphatic rings. The topological polar surface area (TPSA) is 54.3 Å². The van der Waals surface area contributed by atoms with Crippen molar-refractivity contribution in [1.82, 2.24) is 0 Å². The van der Waals surface area contributed by atoms with E-state index in [-0.39, 0.29) is 0 Å². The van der Waals surface area contributed by atoms with E-state index >= 15 is 0 Å². The summed E-state index contributed by atoms with van der Waals surface area (Å²) in [6.45, 7) is 5.79. The lowest BCUT2D eigenvalue weighted by Gasteiger charge is -2.13. The zero-order valence-corrected chi connectivity index (χ0v) is 13.0. The first-order chi connectivity index (χ1) is 10.3. The van der Waals surface area contributed by atoms with Crippen LogP contribution in [0, 0.1) is 11.3 Å². The molecule has 0 saturated heterocycles. The van der Waals surface area contributed by atoms with Gasteiger partial charge in [0.05, 0.1) is 18.8 Å². The first kappa shape index (κ1) is 15.2. The van der Waals surface area contributed by atoms with Crippen LogP contribution in [-0.2, 0) is 6.54 Å². The van der Waals surface area contributed by atoms with E-state index in [9.17, 15) is 0 Å². The maximum Gasteiger partial charge on any atom is 0.163 e. The highest BCUT2D eigenvalue weighted by Gasteiger charge is 2.06. The molecule has 1 heterocycles. The minimum atomic E-state index is 0.597. The normalized spacial score (nSPS) is 9.95. The van der Waals surface area contributed by atoms with Gasteiger partial charge < -0.3 is 14.8 Å². The SMILES string of the molecule is CCOc1ccc(NCc2cc(C#N)cs2)cc1OCC. The van der Waals surface area contributed by atoms with Crippen molar-refractivity contribution < 1.29 is 9.47 Å². The zero-order chi connectivity index (χ0) is 15.1. The number of hydrogen-bond donors (Lipinski definition) is 1.